The van der Waals surface area contributed by atoms with E-state index in [1.54, 1.807) is 6.33 Å². The summed E-state index contributed by atoms with van der Waals surface area (Å²) in [6.45, 7) is 4.57. The van der Waals surface area contributed by atoms with Crippen molar-refractivity contribution in [3.63, 3.8) is 0 Å². The van der Waals surface area contributed by atoms with Crippen LogP contribution in [-0.4, -0.2) is 33.8 Å². The molecule has 1 spiro atoms. The second kappa shape index (κ2) is 5.60. The molecule has 4 rings (SSSR count). The van der Waals surface area contributed by atoms with Gasteiger partial charge < -0.3 is 9.47 Å². The first-order valence-corrected chi connectivity index (χ1v) is 8.81. The van der Waals surface area contributed by atoms with E-state index in [1.807, 2.05) is 6.92 Å². The average Bonchev–Trinajstić information content (AvgIpc) is 3.05. The summed E-state index contributed by atoms with van der Waals surface area (Å²) >= 11 is 0. The van der Waals surface area contributed by atoms with E-state index in [1.165, 1.54) is 38.5 Å². The summed E-state index contributed by atoms with van der Waals surface area (Å²) in [5.41, 5.74) is 0.458. The van der Waals surface area contributed by atoms with Gasteiger partial charge in [-0.1, -0.05) is 12.8 Å². The van der Waals surface area contributed by atoms with Crippen LogP contribution in [0.3, 0.4) is 0 Å². The molecule has 2 heterocycles. The van der Waals surface area contributed by atoms with Crippen molar-refractivity contribution in [1.82, 2.24) is 14.8 Å². The fourth-order valence-electron chi connectivity index (χ4n) is 4.32. The highest BCUT2D eigenvalue weighted by Gasteiger charge is 2.47. The van der Waals surface area contributed by atoms with E-state index in [2.05, 4.69) is 14.8 Å². The van der Waals surface area contributed by atoms with E-state index >= 15 is 0 Å². The normalized spacial score (nSPS) is 26.6. The minimum Gasteiger partial charge on any atom is -0.348 e. The first kappa shape index (κ1) is 14.6. The molecule has 3 aliphatic rings. The Morgan fingerprint density at radius 1 is 1.18 bits per heavy atom. The number of hydrogen-bond acceptors (Lipinski definition) is 4. The second-order valence-corrected chi connectivity index (χ2v) is 7.54. The summed E-state index contributed by atoms with van der Waals surface area (Å²) in [6.07, 6.45) is 11.7. The van der Waals surface area contributed by atoms with Crippen molar-refractivity contribution < 1.29 is 9.47 Å². The van der Waals surface area contributed by atoms with Crippen molar-refractivity contribution >= 4 is 0 Å². The molecule has 0 radical (unpaired) electrons. The molecule has 5 nitrogen and oxygen atoms in total. The molecule has 0 amide bonds. The molecule has 2 saturated carbocycles. The number of rotatable bonds is 5. The molecule has 0 aromatic carbocycles. The van der Waals surface area contributed by atoms with Crippen LogP contribution >= 0.6 is 0 Å². The number of aryl methyl sites for hydroxylation is 2. The van der Waals surface area contributed by atoms with Crippen LogP contribution in [0.25, 0.3) is 0 Å². The maximum absolute atomic E-state index is 5.92. The highest BCUT2D eigenvalue weighted by Crippen LogP contribution is 2.53. The number of hydrogen-bond donors (Lipinski definition) is 0. The zero-order valence-corrected chi connectivity index (χ0v) is 13.6. The maximum atomic E-state index is 5.92. The molecule has 1 aromatic heterocycles. The molecule has 2 aliphatic carbocycles. The van der Waals surface area contributed by atoms with E-state index in [0.717, 1.165) is 44.3 Å². The van der Waals surface area contributed by atoms with Gasteiger partial charge >= 0.3 is 0 Å². The Morgan fingerprint density at radius 3 is 2.50 bits per heavy atom. The van der Waals surface area contributed by atoms with Gasteiger partial charge in [-0.2, -0.15) is 5.10 Å². The first-order valence-electron chi connectivity index (χ1n) is 8.81. The molecule has 1 saturated heterocycles. The lowest BCUT2D eigenvalue weighted by molar-refractivity contribution is -0.193. The van der Waals surface area contributed by atoms with Gasteiger partial charge in [0.2, 0.25) is 0 Å². The van der Waals surface area contributed by atoms with E-state index < -0.39 is 0 Å². The van der Waals surface area contributed by atoms with Gasteiger partial charge in [0, 0.05) is 19.4 Å². The Balaban J connectivity index is 1.42. The third-order valence-corrected chi connectivity index (χ3v) is 5.97. The number of aromatic nitrogens is 3. The molecule has 0 atom stereocenters. The van der Waals surface area contributed by atoms with Gasteiger partial charge in [-0.05, 0) is 43.9 Å². The van der Waals surface area contributed by atoms with Crippen molar-refractivity contribution in [2.75, 3.05) is 13.2 Å². The molecule has 1 aromatic rings. The van der Waals surface area contributed by atoms with E-state index in [9.17, 15) is 0 Å². The molecular weight excluding hydrogens is 278 g/mol. The highest BCUT2D eigenvalue weighted by atomic mass is 16.7. The Kier molecular flexibility index (Phi) is 3.73. The van der Waals surface area contributed by atoms with E-state index in [4.69, 9.17) is 9.47 Å². The van der Waals surface area contributed by atoms with Gasteiger partial charge in [-0.25, -0.2) is 4.98 Å². The van der Waals surface area contributed by atoms with Crippen molar-refractivity contribution in [3.8, 4) is 0 Å². The Labute approximate surface area is 132 Å². The Morgan fingerprint density at radius 2 is 1.91 bits per heavy atom. The molecule has 5 heteroatoms. The molecule has 0 unspecified atom stereocenters. The summed E-state index contributed by atoms with van der Waals surface area (Å²) in [6, 6.07) is 0. The smallest absolute Gasteiger partial charge is 0.168 e. The summed E-state index contributed by atoms with van der Waals surface area (Å²) in [5.74, 6) is 1.75. The van der Waals surface area contributed by atoms with Gasteiger partial charge in [-0.3, -0.25) is 4.68 Å². The fourth-order valence-corrected chi connectivity index (χ4v) is 4.32. The zero-order chi connectivity index (χ0) is 15.0. The van der Waals surface area contributed by atoms with Crippen LogP contribution in [0.2, 0.25) is 0 Å². The molecule has 22 heavy (non-hydrogen) atoms. The van der Waals surface area contributed by atoms with Crippen LogP contribution in [-0.2, 0) is 16.0 Å². The summed E-state index contributed by atoms with van der Waals surface area (Å²) < 4.78 is 13.9. The Hall–Kier alpha value is -0.940. The topological polar surface area (TPSA) is 49.2 Å². The third kappa shape index (κ3) is 2.93. The number of ether oxygens (including phenoxy) is 2. The minimum atomic E-state index is -0.240. The van der Waals surface area contributed by atoms with E-state index in [-0.39, 0.29) is 5.79 Å². The average molecular weight is 305 g/mol. The first-order chi connectivity index (χ1) is 10.7. The second-order valence-electron chi connectivity index (χ2n) is 7.54. The lowest BCUT2D eigenvalue weighted by Gasteiger charge is -2.44. The zero-order valence-electron chi connectivity index (χ0n) is 13.6. The maximum Gasteiger partial charge on any atom is 0.168 e. The summed E-state index contributed by atoms with van der Waals surface area (Å²) in [4.78, 5) is 4.25. The molecule has 1 aliphatic heterocycles. The molecule has 3 fully saturated rings. The predicted molar refractivity (Wildman–Crippen MR) is 82.3 cm³/mol. The van der Waals surface area contributed by atoms with Crippen LogP contribution in [0.1, 0.15) is 57.2 Å². The van der Waals surface area contributed by atoms with E-state index in [0.29, 0.717) is 5.41 Å². The minimum absolute atomic E-state index is 0.240. The quantitative estimate of drug-likeness (QED) is 0.839. The lowest BCUT2D eigenvalue weighted by atomic mass is 9.67. The third-order valence-electron chi connectivity index (χ3n) is 5.97. The number of nitrogens with zero attached hydrogens (tertiary/aromatic N) is 3. The fraction of sp³-hybridized carbons (Fsp3) is 0.882. The molecule has 0 N–H and O–H groups in total. The SMILES string of the molecule is Cc1ncnn1CCC1(CC2CC2)CCC2(CC1)OCCO2. The van der Waals surface area contributed by atoms with Gasteiger partial charge in [-0.15, -0.1) is 0 Å². The lowest BCUT2D eigenvalue weighted by Crippen LogP contribution is -2.40. The molecule has 122 valence electrons. The van der Waals surface area contributed by atoms with Gasteiger partial charge in [0.05, 0.1) is 13.2 Å². The summed E-state index contributed by atoms with van der Waals surface area (Å²) in [5, 5.41) is 4.35. The predicted octanol–water partition coefficient (Wildman–Crippen LogP) is 3.08. The van der Waals surface area contributed by atoms with Crippen molar-refractivity contribution in [3.05, 3.63) is 12.2 Å². The highest BCUT2D eigenvalue weighted by molar-refractivity contribution is 4.94. The molecular formula is C17H27N3O2. The van der Waals surface area contributed by atoms with Crippen molar-refractivity contribution in [2.24, 2.45) is 11.3 Å². The van der Waals surface area contributed by atoms with Crippen molar-refractivity contribution in [2.45, 2.75) is 70.6 Å². The summed E-state index contributed by atoms with van der Waals surface area (Å²) in [7, 11) is 0. The Bertz CT molecular complexity index is 508. The van der Waals surface area contributed by atoms with Crippen LogP contribution in [0.5, 0.6) is 0 Å². The van der Waals surface area contributed by atoms with Crippen LogP contribution in [0.15, 0.2) is 6.33 Å². The van der Waals surface area contributed by atoms with Crippen LogP contribution < -0.4 is 0 Å². The van der Waals surface area contributed by atoms with Crippen molar-refractivity contribution in [1.29, 1.82) is 0 Å². The van der Waals surface area contributed by atoms with Gasteiger partial charge in [0.25, 0.3) is 0 Å². The molecule has 0 bridgehead atoms. The largest absolute Gasteiger partial charge is 0.348 e. The van der Waals surface area contributed by atoms with Gasteiger partial charge in [0.1, 0.15) is 12.2 Å². The standard InChI is InChI=1S/C17H27N3O2/c1-14-18-13-19-20(14)9-8-16(12-15-2-3-15)4-6-17(7-5-16)21-10-11-22-17/h13,15H,2-12H2,1H3. The monoisotopic (exact) mass is 305 g/mol. The van der Waals surface area contributed by atoms with Crippen LogP contribution in [0.4, 0.5) is 0 Å². The van der Waals surface area contributed by atoms with Crippen LogP contribution in [0, 0.1) is 18.3 Å². The van der Waals surface area contributed by atoms with Gasteiger partial charge in [0.15, 0.2) is 5.79 Å².